The molecular formula is C22H15FN2O2. The van der Waals surface area contributed by atoms with Crippen molar-refractivity contribution in [1.82, 2.24) is 4.98 Å². The molecule has 0 spiro atoms. The van der Waals surface area contributed by atoms with Crippen molar-refractivity contribution in [2.24, 2.45) is 0 Å². The van der Waals surface area contributed by atoms with E-state index in [-0.39, 0.29) is 5.56 Å². The zero-order valence-electron chi connectivity index (χ0n) is 14.2. The molecule has 4 nitrogen and oxygen atoms in total. The molecule has 0 saturated heterocycles. The summed E-state index contributed by atoms with van der Waals surface area (Å²) in [6.45, 7) is 0. The molecule has 2 aromatic heterocycles. The fourth-order valence-electron chi connectivity index (χ4n) is 2.73. The van der Waals surface area contributed by atoms with Gasteiger partial charge in [0, 0.05) is 17.4 Å². The summed E-state index contributed by atoms with van der Waals surface area (Å²) in [6.07, 6.45) is 1.70. The van der Waals surface area contributed by atoms with Gasteiger partial charge in [-0.3, -0.25) is 9.78 Å². The van der Waals surface area contributed by atoms with Crippen LogP contribution in [0.1, 0.15) is 10.4 Å². The van der Waals surface area contributed by atoms with E-state index in [1.807, 2.05) is 36.4 Å². The van der Waals surface area contributed by atoms with Gasteiger partial charge < -0.3 is 9.73 Å². The molecule has 0 unspecified atom stereocenters. The molecule has 0 radical (unpaired) electrons. The van der Waals surface area contributed by atoms with E-state index in [4.69, 9.17) is 4.42 Å². The van der Waals surface area contributed by atoms with Gasteiger partial charge in [0.05, 0.1) is 5.56 Å². The maximum absolute atomic E-state index is 13.8. The topological polar surface area (TPSA) is 55.1 Å². The predicted molar refractivity (Wildman–Crippen MR) is 102 cm³/mol. The molecule has 1 N–H and O–H groups in total. The molecule has 0 atom stereocenters. The monoisotopic (exact) mass is 358 g/mol. The summed E-state index contributed by atoms with van der Waals surface area (Å²) in [5, 5.41) is 2.71. The molecule has 0 saturated carbocycles. The van der Waals surface area contributed by atoms with Crippen molar-refractivity contribution in [3.63, 3.8) is 0 Å². The molecule has 2 aromatic carbocycles. The van der Waals surface area contributed by atoms with Crippen LogP contribution in [0.4, 0.5) is 10.1 Å². The summed E-state index contributed by atoms with van der Waals surface area (Å²) in [4.78, 5) is 16.6. The average molecular weight is 358 g/mol. The first-order valence-electron chi connectivity index (χ1n) is 8.38. The third-order valence-electron chi connectivity index (χ3n) is 4.05. The quantitative estimate of drug-likeness (QED) is 0.531. The average Bonchev–Trinajstić information content (AvgIpc) is 3.19. The lowest BCUT2D eigenvalue weighted by molar-refractivity contribution is 0.102. The maximum atomic E-state index is 13.8. The number of benzene rings is 2. The summed E-state index contributed by atoms with van der Waals surface area (Å²) in [6, 6.07) is 22.4. The Bertz CT molecular complexity index is 1090. The first-order valence-corrected chi connectivity index (χ1v) is 8.38. The van der Waals surface area contributed by atoms with E-state index in [0.29, 0.717) is 17.2 Å². The molecule has 0 aliphatic rings. The molecule has 2 heterocycles. The fourth-order valence-corrected chi connectivity index (χ4v) is 2.73. The normalized spacial score (nSPS) is 10.6. The third kappa shape index (κ3) is 3.62. The van der Waals surface area contributed by atoms with Gasteiger partial charge in [0.1, 0.15) is 17.3 Å². The molecule has 0 fully saturated rings. The van der Waals surface area contributed by atoms with Gasteiger partial charge in [-0.25, -0.2) is 4.39 Å². The number of nitrogens with zero attached hydrogens (tertiary/aromatic N) is 1. The molecule has 0 bridgehead atoms. The van der Waals surface area contributed by atoms with Crippen LogP contribution in [0.15, 0.2) is 89.5 Å². The van der Waals surface area contributed by atoms with Crippen molar-refractivity contribution < 1.29 is 13.6 Å². The molecular weight excluding hydrogens is 343 g/mol. The van der Waals surface area contributed by atoms with Gasteiger partial charge in [0.2, 0.25) is 0 Å². The lowest BCUT2D eigenvalue weighted by Gasteiger charge is -2.07. The number of pyridine rings is 1. The first-order chi connectivity index (χ1) is 13.2. The summed E-state index contributed by atoms with van der Waals surface area (Å²) in [5.41, 5.74) is 2.09. The Kier molecular flexibility index (Phi) is 4.49. The molecule has 4 aromatic rings. The van der Waals surface area contributed by atoms with Crippen LogP contribution in [0.25, 0.3) is 22.8 Å². The SMILES string of the molecule is O=C(Nc1cccc(-c2ccc(-c3ccccn3)o2)c1)c1ccccc1F. The molecule has 4 rings (SSSR count). The predicted octanol–water partition coefficient (Wildman–Crippen LogP) is 5.40. The highest BCUT2D eigenvalue weighted by Gasteiger charge is 2.12. The maximum Gasteiger partial charge on any atom is 0.258 e. The highest BCUT2D eigenvalue weighted by molar-refractivity contribution is 6.04. The summed E-state index contributed by atoms with van der Waals surface area (Å²) >= 11 is 0. The van der Waals surface area contributed by atoms with E-state index in [2.05, 4.69) is 10.3 Å². The number of furan rings is 1. The van der Waals surface area contributed by atoms with Gasteiger partial charge >= 0.3 is 0 Å². The Morgan fingerprint density at radius 1 is 0.889 bits per heavy atom. The highest BCUT2D eigenvalue weighted by Crippen LogP contribution is 2.29. The minimum Gasteiger partial charge on any atom is -0.454 e. The molecule has 1 amide bonds. The number of halogens is 1. The van der Waals surface area contributed by atoms with Crippen molar-refractivity contribution >= 4 is 11.6 Å². The summed E-state index contributed by atoms with van der Waals surface area (Å²) in [5.74, 6) is 0.250. The lowest BCUT2D eigenvalue weighted by Crippen LogP contribution is -2.13. The van der Waals surface area contributed by atoms with Gasteiger partial charge in [-0.2, -0.15) is 0 Å². The number of carbonyl (C=O) groups is 1. The number of nitrogens with one attached hydrogen (secondary N) is 1. The Morgan fingerprint density at radius 3 is 2.52 bits per heavy atom. The molecule has 0 aliphatic heterocycles. The summed E-state index contributed by atoms with van der Waals surface area (Å²) in [7, 11) is 0. The molecule has 5 heteroatoms. The highest BCUT2D eigenvalue weighted by atomic mass is 19.1. The fraction of sp³-hybridized carbons (Fsp3) is 0. The minimum atomic E-state index is -0.558. The van der Waals surface area contributed by atoms with Crippen molar-refractivity contribution in [3.8, 4) is 22.8 Å². The van der Waals surface area contributed by atoms with E-state index in [1.54, 1.807) is 36.5 Å². The van der Waals surface area contributed by atoms with Crippen LogP contribution in [0.3, 0.4) is 0 Å². The smallest absolute Gasteiger partial charge is 0.258 e. The van der Waals surface area contributed by atoms with E-state index >= 15 is 0 Å². The Labute approximate surface area is 155 Å². The minimum absolute atomic E-state index is 0.00154. The van der Waals surface area contributed by atoms with Crippen molar-refractivity contribution in [2.75, 3.05) is 5.32 Å². The van der Waals surface area contributed by atoms with Crippen molar-refractivity contribution in [2.45, 2.75) is 0 Å². The number of carbonyl (C=O) groups excluding carboxylic acids is 1. The van der Waals surface area contributed by atoms with E-state index < -0.39 is 11.7 Å². The van der Waals surface area contributed by atoms with Crippen LogP contribution in [0.2, 0.25) is 0 Å². The number of anilines is 1. The lowest BCUT2D eigenvalue weighted by atomic mass is 10.1. The van der Waals surface area contributed by atoms with Crippen LogP contribution < -0.4 is 5.32 Å². The third-order valence-corrected chi connectivity index (χ3v) is 4.05. The number of amides is 1. The van der Waals surface area contributed by atoms with Gasteiger partial charge in [-0.1, -0.05) is 30.3 Å². The standard InChI is InChI=1S/C22H15FN2O2/c23-18-9-2-1-8-17(18)22(26)25-16-7-5-6-15(14-16)20-11-12-21(27-20)19-10-3-4-13-24-19/h1-14H,(H,25,26). The van der Waals surface area contributed by atoms with Crippen LogP contribution >= 0.6 is 0 Å². The van der Waals surface area contributed by atoms with E-state index in [1.165, 1.54) is 12.1 Å². The van der Waals surface area contributed by atoms with Crippen molar-refractivity contribution in [3.05, 3.63) is 96.4 Å². The second-order valence-electron chi connectivity index (χ2n) is 5.89. The van der Waals surface area contributed by atoms with Gasteiger partial charge in [0.15, 0.2) is 5.76 Å². The van der Waals surface area contributed by atoms with E-state index in [9.17, 15) is 9.18 Å². The van der Waals surface area contributed by atoms with Gasteiger partial charge in [-0.15, -0.1) is 0 Å². The molecule has 27 heavy (non-hydrogen) atoms. The Balaban J connectivity index is 1.57. The van der Waals surface area contributed by atoms with Crippen LogP contribution in [-0.2, 0) is 0 Å². The van der Waals surface area contributed by atoms with Gasteiger partial charge in [-0.05, 0) is 48.5 Å². The number of rotatable bonds is 4. The Morgan fingerprint density at radius 2 is 1.70 bits per heavy atom. The zero-order chi connectivity index (χ0) is 18.6. The molecule has 0 aliphatic carbocycles. The second kappa shape index (κ2) is 7.25. The molecule has 132 valence electrons. The first kappa shape index (κ1) is 16.7. The second-order valence-corrected chi connectivity index (χ2v) is 5.89. The largest absolute Gasteiger partial charge is 0.454 e. The Hall–Kier alpha value is -3.73. The van der Waals surface area contributed by atoms with Crippen LogP contribution in [0.5, 0.6) is 0 Å². The van der Waals surface area contributed by atoms with Gasteiger partial charge in [0.25, 0.3) is 5.91 Å². The van der Waals surface area contributed by atoms with E-state index in [0.717, 1.165) is 11.3 Å². The summed E-state index contributed by atoms with van der Waals surface area (Å²) < 4.78 is 19.7. The van der Waals surface area contributed by atoms with Crippen molar-refractivity contribution in [1.29, 1.82) is 0 Å². The van der Waals surface area contributed by atoms with Crippen LogP contribution in [-0.4, -0.2) is 10.9 Å². The van der Waals surface area contributed by atoms with Crippen LogP contribution in [0, 0.1) is 5.82 Å². The number of aromatic nitrogens is 1. The number of hydrogen-bond donors (Lipinski definition) is 1. The zero-order valence-corrected chi connectivity index (χ0v) is 14.2. The number of hydrogen-bond acceptors (Lipinski definition) is 3.